The highest BCUT2D eigenvalue weighted by Gasteiger charge is 2.55. The third-order valence-electron chi connectivity index (χ3n) is 5.30. The van der Waals surface area contributed by atoms with E-state index in [-0.39, 0.29) is 23.7 Å². The molecule has 0 aromatic carbocycles. The predicted molar refractivity (Wildman–Crippen MR) is 78.1 cm³/mol. The second kappa shape index (κ2) is 4.81. The molecule has 3 aliphatic rings. The van der Waals surface area contributed by atoms with E-state index < -0.39 is 13.9 Å². The molecule has 5 heteroatoms. The van der Waals surface area contributed by atoms with Gasteiger partial charge in [-0.3, -0.25) is 4.57 Å². The summed E-state index contributed by atoms with van der Waals surface area (Å²) in [5.74, 6) is -0.296. The summed E-state index contributed by atoms with van der Waals surface area (Å²) in [6.07, 6.45) is 4.02. The first-order chi connectivity index (χ1) is 9.19. The lowest BCUT2D eigenvalue weighted by atomic mass is 9.81. The summed E-state index contributed by atoms with van der Waals surface area (Å²) in [5.41, 5.74) is 0.100. The van der Waals surface area contributed by atoms with Crippen molar-refractivity contribution in [2.45, 2.75) is 77.0 Å². The van der Waals surface area contributed by atoms with Gasteiger partial charge in [0.2, 0.25) is 8.03 Å². The first-order valence-electron chi connectivity index (χ1n) is 7.75. The maximum absolute atomic E-state index is 12.1. The van der Waals surface area contributed by atoms with Gasteiger partial charge in [-0.25, -0.2) is 0 Å². The van der Waals surface area contributed by atoms with Crippen LogP contribution in [0, 0.1) is 17.3 Å². The van der Waals surface area contributed by atoms with E-state index in [1.807, 2.05) is 13.8 Å². The van der Waals surface area contributed by atoms with Crippen molar-refractivity contribution in [3.05, 3.63) is 0 Å². The third-order valence-corrected chi connectivity index (χ3v) is 6.62. The van der Waals surface area contributed by atoms with E-state index in [9.17, 15) is 9.67 Å². The van der Waals surface area contributed by atoms with Crippen molar-refractivity contribution in [2.24, 2.45) is 17.3 Å². The first kappa shape index (κ1) is 15.0. The molecule has 1 saturated carbocycles. The number of rotatable bonds is 1. The molecule has 3 fully saturated rings. The van der Waals surface area contributed by atoms with Gasteiger partial charge in [-0.2, -0.15) is 0 Å². The molecule has 3 rings (SSSR count). The van der Waals surface area contributed by atoms with Gasteiger partial charge in [0, 0.05) is 5.92 Å². The number of hydrogen-bond acceptors (Lipinski definition) is 4. The number of hydrogen-bond donors (Lipinski definition) is 1. The maximum Gasteiger partial charge on any atom is 0.222 e. The predicted octanol–water partition coefficient (Wildman–Crippen LogP) is 3.19. The quantitative estimate of drug-likeness (QED) is 0.756. The minimum absolute atomic E-state index is 0.00154. The molecule has 0 radical (unpaired) electrons. The minimum atomic E-state index is -2.41. The maximum atomic E-state index is 12.1. The highest BCUT2D eigenvalue weighted by atomic mass is 31.1. The normalized spacial score (nSPS) is 50.0. The Morgan fingerprint density at radius 3 is 2.45 bits per heavy atom. The highest BCUT2D eigenvalue weighted by Crippen LogP contribution is 2.55. The lowest BCUT2D eigenvalue weighted by Gasteiger charge is -2.38. The molecule has 0 amide bonds. The van der Waals surface area contributed by atoms with Crippen molar-refractivity contribution in [3.8, 4) is 0 Å². The van der Waals surface area contributed by atoms with E-state index >= 15 is 0 Å². The second-order valence-corrected chi connectivity index (χ2v) is 9.69. The average Bonchev–Trinajstić information content (AvgIpc) is 2.83. The van der Waals surface area contributed by atoms with Crippen molar-refractivity contribution in [1.29, 1.82) is 0 Å². The average molecular weight is 302 g/mol. The second-order valence-electron chi connectivity index (χ2n) is 8.22. The molecule has 0 aromatic heterocycles. The molecule has 6 atom stereocenters. The highest BCUT2D eigenvalue weighted by molar-refractivity contribution is 7.39. The molecular formula is C15H27O4P. The van der Waals surface area contributed by atoms with Gasteiger partial charge in [0.1, 0.15) is 0 Å². The van der Waals surface area contributed by atoms with E-state index in [1.54, 1.807) is 0 Å². The van der Waals surface area contributed by atoms with Gasteiger partial charge >= 0.3 is 0 Å². The Labute approximate surface area is 122 Å². The van der Waals surface area contributed by atoms with Crippen LogP contribution in [0.15, 0.2) is 0 Å². The van der Waals surface area contributed by atoms with Crippen molar-refractivity contribution < 1.29 is 18.9 Å². The van der Waals surface area contributed by atoms with Crippen LogP contribution in [0.4, 0.5) is 0 Å². The molecule has 1 aliphatic carbocycles. The molecule has 116 valence electrons. The molecule has 1 N–H and O–H groups in total. The van der Waals surface area contributed by atoms with E-state index in [2.05, 4.69) is 13.8 Å². The Morgan fingerprint density at radius 1 is 1.15 bits per heavy atom. The van der Waals surface area contributed by atoms with E-state index in [4.69, 9.17) is 9.26 Å². The van der Waals surface area contributed by atoms with Crippen LogP contribution in [-0.2, 0) is 13.8 Å². The van der Waals surface area contributed by atoms with Gasteiger partial charge in [-0.05, 0) is 50.9 Å². The Kier molecular flexibility index (Phi) is 3.61. The van der Waals surface area contributed by atoms with Crippen molar-refractivity contribution in [3.63, 3.8) is 0 Å². The van der Waals surface area contributed by atoms with Crippen molar-refractivity contribution in [2.75, 3.05) is 0 Å². The van der Waals surface area contributed by atoms with Gasteiger partial charge in [0.15, 0.2) is 5.85 Å². The lowest BCUT2D eigenvalue weighted by molar-refractivity contribution is -0.0865. The Balaban J connectivity index is 1.82. The Morgan fingerprint density at radius 2 is 1.85 bits per heavy atom. The fraction of sp³-hybridized carbons (Fsp3) is 1.00. The van der Waals surface area contributed by atoms with Crippen molar-refractivity contribution in [1.82, 2.24) is 0 Å². The third kappa shape index (κ3) is 2.61. The molecule has 0 aromatic rings. The van der Waals surface area contributed by atoms with Gasteiger partial charge in [0.05, 0.1) is 17.8 Å². The fourth-order valence-corrected chi connectivity index (χ4v) is 5.79. The van der Waals surface area contributed by atoms with E-state index in [1.165, 1.54) is 6.42 Å². The van der Waals surface area contributed by atoms with Gasteiger partial charge in [-0.1, -0.05) is 13.8 Å². The zero-order chi connectivity index (χ0) is 14.7. The fourth-order valence-electron chi connectivity index (χ4n) is 4.43. The van der Waals surface area contributed by atoms with Crippen LogP contribution >= 0.6 is 8.03 Å². The van der Waals surface area contributed by atoms with E-state index in [0.29, 0.717) is 11.3 Å². The molecule has 2 heterocycles. The van der Waals surface area contributed by atoms with Crippen LogP contribution in [0.3, 0.4) is 0 Å². The Hall–Kier alpha value is 0.110. The molecular weight excluding hydrogens is 275 g/mol. The van der Waals surface area contributed by atoms with Crippen LogP contribution in [-0.4, -0.2) is 28.8 Å². The summed E-state index contributed by atoms with van der Waals surface area (Å²) in [6, 6.07) is 0. The summed E-state index contributed by atoms with van der Waals surface area (Å²) in [5, 5.41) is 10.1. The summed E-state index contributed by atoms with van der Waals surface area (Å²) < 4.78 is 23.9. The molecule has 2 aliphatic heterocycles. The molecule has 20 heavy (non-hydrogen) atoms. The smallest absolute Gasteiger partial charge is 0.222 e. The topological polar surface area (TPSA) is 55.8 Å². The number of fused-ring (bicyclic) bond motifs is 1. The zero-order valence-corrected chi connectivity index (χ0v) is 13.9. The standard InChI is InChI=1S/C15H27O4P/c1-14(2)6-5-9(7-14)11-10-8-15(3,4)18-12(10)13(16)20(17)19-11/h9-13,16,20H,5-8H2,1-4H3. The molecule has 6 unspecified atom stereocenters. The SMILES string of the molecule is CC1(C)CCC(C2O[PH](=O)C(O)C3OC(C)(C)CC23)C1. The molecule has 0 spiro atoms. The monoisotopic (exact) mass is 302 g/mol. The minimum Gasteiger partial charge on any atom is -0.380 e. The van der Waals surface area contributed by atoms with Crippen LogP contribution in [0.2, 0.25) is 0 Å². The zero-order valence-electron chi connectivity index (χ0n) is 12.9. The van der Waals surface area contributed by atoms with Crippen LogP contribution in [0.1, 0.15) is 53.4 Å². The van der Waals surface area contributed by atoms with E-state index in [0.717, 1.165) is 19.3 Å². The van der Waals surface area contributed by atoms with Crippen LogP contribution < -0.4 is 0 Å². The summed E-state index contributed by atoms with van der Waals surface area (Å²) >= 11 is 0. The van der Waals surface area contributed by atoms with Gasteiger partial charge < -0.3 is 14.4 Å². The molecule has 2 saturated heterocycles. The van der Waals surface area contributed by atoms with Crippen LogP contribution in [0.25, 0.3) is 0 Å². The Bertz CT molecular complexity index is 420. The number of ether oxygens (including phenoxy) is 1. The first-order valence-corrected chi connectivity index (χ1v) is 9.14. The number of aliphatic hydroxyl groups is 1. The largest absolute Gasteiger partial charge is 0.380 e. The summed E-state index contributed by atoms with van der Waals surface area (Å²) in [7, 11) is -2.41. The number of aliphatic hydroxyl groups excluding tert-OH is 1. The molecule has 4 nitrogen and oxygen atoms in total. The van der Waals surface area contributed by atoms with Crippen LogP contribution in [0.5, 0.6) is 0 Å². The van der Waals surface area contributed by atoms with Crippen molar-refractivity contribution >= 4 is 8.03 Å². The van der Waals surface area contributed by atoms with Gasteiger partial charge in [0.25, 0.3) is 0 Å². The summed E-state index contributed by atoms with van der Waals surface area (Å²) in [6.45, 7) is 8.68. The molecule has 0 bridgehead atoms. The lowest BCUT2D eigenvalue weighted by Crippen LogP contribution is -2.44. The van der Waals surface area contributed by atoms with Gasteiger partial charge in [-0.15, -0.1) is 0 Å². The summed E-state index contributed by atoms with van der Waals surface area (Å²) in [4.78, 5) is 0.